The highest BCUT2D eigenvalue weighted by molar-refractivity contribution is 6.31. The molecule has 0 saturated heterocycles. The van der Waals surface area contributed by atoms with Crippen LogP contribution in [0.4, 0.5) is 0 Å². The number of aryl methyl sites for hydroxylation is 2. The zero-order chi connectivity index (χ0) is 16.7. The molecule has 7 nitrogen and oxygen atoms in total. The molecule has 1 N–H and O–H groups in total. The van der Waals surface area contributed by atoms with Crippen molar-refractivity contribution in [2.75, 3.05) is 0 Å². The monoisotopic (exact) mass is 334 g/mol. The summed E-state index contributed by atoms with van der Waals surface area (Å²) in [6.07, 6.45) is 0. The van der Waals surface area contributed by atoms with Crippen LogP contribution in [0.5, 0.6) is 0 Å². The third kappa shape index (κ3) is 2.68. The summed E-state index contributed by atoms with van der Waals surface area (Å²) in [7, 11) is 0. The van der Waals surface area contributed by atoms with Crippen molar-refractivity contribution in [1.82, 2.24) is 19.7 Å². The molecule has 3 rings (SSSR count). The number of carbonyl (C=O) groups is 2. The topological polar surface area (TPSA) is 88.3 Å². The molecule has 1 aromatic carbocycles. The normalized spacial score (nSPS) is 17.0. The first-order chi connectivity index (χ1) is 10.9. The molecule has 0 bridgehead atoms. The summed E-state index contributed by atoms with van der Waals surface area (Å²) >= 11 is 5.97. The Morgan fingerprint density at radius 2 is 2.04 bits per heavy atom. The van der Waals surface area contributed by atoms with Crippen molar-refractivity contribution in [3.63, 3.8) is 0 Å². The van der Waals surface area contributed by atoms with Crippen LogP contribution in [0.15, 0.2) is 18.2 Å². The van der Waals surface area contributed by atoms with Gasteiger partial charge in [0.05, 0.1) is 13.1 Å². The van der Waals surface area contributed by atoms with E-state index in [1.54, 1.807) is 36.6 Å². The van der Waals surface area contributed by atoms with Crippen LogP contribution in [-0.4, -0.2) is 42.7 Å². The lowest BCUT2D eigenvalue weighted by atomic mass is 10.1. The average Bonchev–Trinajstić information content (AvgIpc) is 2.88. The lowest BCUT2D eigenvalue weighted by Crippen LogP contribution is -2.50. The van der Waals surface area contributed by atoms with Gasteiger partial charge < -0.3 is 14.6 Å². The highest BCUT2D eigenvalue weighted by Crippen LogP contribution is 2.23. The minimum absolute atomic E-state index is 0.0998. The molecule has 0 aliphatic carbocycles. The van der Waals surface area contributed by atoms with Crippen LogP contribution in [0, 0.1) is 13.8 Å². The predicted molar refractivity (Wildman–Crippen MR) is 82.2 cm³/mol. The minimum atomic E-state index is -1.06. The van der Waals surface area contributed by atoms with Crippen molar-refractivity contribution in [1.29, 1.82) is 0 Å². The van der Waals surface area contributed by atoms with Crippen molar-refractivity contribution >= 4 is 23.5 Å². The van der Waals surface area contributed by atoms with E-state index in [1.807, 2.05) is 0 Å². The second-order valence-corrected chi connectivity index (χ2v) is 5.96. The SMILES string of the molecule is Cc1ccc(Cl)cc1C(=O)N1Cc2nnc(C)n2CC1C(=O)O. The Hall–Kier alpha value is -2.41. The van der Waals surface area contributed by atoms with Gasteiger partial charge in [0, 0.05) is 10.6 Å². The molecule has 0 fully saturated rings. The largest absolute Gasteiger partial charge is 0.480 e. The first-order valence-electron chi connectivity index (χ1n) is 7.07. The van der Waals surface area contributed by atoms with Crippen LogP contribution in [0.2, 0.25) is 5.02 Å². The van der Waals surface area contributed by atoms with E-state index in [0.29, 0.717) is 22.2 Å². The van der Waals surface area contributed by atoms with Gasteiger partial charge in [0.1, 0.15) is 11.9 Å². The van der Waals surface area contributed by atoms with Gasteiger partial charge in [0.15, 0.2) is 5.82 Å². The van der Waals surface area contributed by atoms with Crippen LogP contribution in [0.3, 0.4) is 0 Å². The molecule has 1 aliphatic heterocycles. The second kappa shape index (κ2) is 5.66. The molecule has 1 atom stereocenters. The van der Waals surface area contributed by atoms with Gasteiger partial charge in [-0.2, -0.15) is 0 Å². The third-order valence-electron chi connectivity index (χ3n) is 4.03. The standard InChI is InChI=1S/C15H15ClN4O3/c1-8-3-4-10(16)5-11(8)14(21)20-7-13-18-17-9(2)19(13)6-12(20)15(22)23/h3-5,12H,6-7H2,1-2H3,(H,22,23). The average molecular weight is 335 g/mol. The number of carbonyl (C=O) groups excluding carboxylic acids is 1. The van der Waals surface area contributed by atoms with E-state index in [2.05, 4.69) is 10.2 Å². The van der Waals surface area contributed by atoms with E-state index >= 15 is 0 Å². The number of carboxylic acid groups (broad SMARTS) is 1. The number of aliphatic carboxylic acids is 1. The Kier molecular flexibility index (Phi) is 3.81. The molecule has 1 unspecified atom stereocenters. The van der Waals surface area contributed by atoms with Crippen molar-refractivity contribution < 1.29 is 14.7 Å². The van der Waals surface area contributed by atoms with Crippen LogP contribution in [0.25, 0.3) is 0 Å². The summed E-state index contributed by atoms with van der Waals surface area (Å²) in [5, 5.41) is 17.9. The molecule has 1 aliphatic rings. The Balaban J connectivity index is 2.01. The molecule has 2 aromatic rings. The maximum atomic E-state index is 12.9. The molecule has 2 heterocycles. The zero-order valence-corrected chi connectivity index (χ0v) is 13.4. The lowest BCUT2D eigenvalue weighted by Gasteiger charge is -2.33. The molecule has 0 saturated carbocycles. The van der Waals surface area contributed by atoms with Crippen LogP contribution in [0.1, 0.15) is 27.6 Å². The number of amides is 1. The summed E-state index contributed by atoms with van der Waals surface area (Å²) in [5.41, 5.74) is 1.14. The fourth-order valence-electron chi connectivity index (χ4n) is 2.72. The number of hydrogen-bond donors (Lipinski definition) is 1. The number of fused-ring (bicyclic) bond motifs is 1. The first-order valence-corrected chi connectivity index (χ1v) is 7.45. The Bertz CT molecular complexity index is 802. The number of aromatic nitrogens is 3. The summed E-state index contributed by atoms with van der Waals surface area (Å²) < 4.78 is 1.73. The van der Waals surface area contributed by atoms with E-state index in [-0.39, 0.29) is 19.0 Å². The third-order valence-corrected chi connectivity index (χ3v) is 4.27. The van der Waals surface area contributed by atoms with Crippen molar-refractivity contribution in [3.05, 3.63) is 46.0 Å². The molecule has 23 heavy (non-hydrogen) atoms. The first kappa shape index (κ1) is 15.5. The highest BCUT2D eigenvalue weighted by atomic mass is 35.5. The van der Waals surface area contributed by atoms with Crippen LogP contribution < -0.4 is 0 Å². The van der Waals surface area contributed by atoms with Crippen molar-refractivity contribution in [2.24, 2.45) is 0 Å². The number of benzene rings is 1. The fraction of sp³-hybridized carbons (Fsp3) is 0.333. The number of hydrogen-bond acceptors (Lipinski definition) is 4. The van der Waals surface area contributed by atoms with Gasteiger partial charge in [-0.1, -0.05) is 17.7 Å². The summed E-state index contributed by atoms with van der Waals surface area (Å²) in [6, 6.07) is 4.02. The van der Waals surface area contributed by atoms with Crippen LogP contribution in [-0.2, 0) is 17.9 Å². The Morgan fingerprint density at radius 3 is 2.74 bits per heavy atom. The number of halogens is 1. The van der Waals surface area contributed by atoms with E-state index in [0.717, 1.165) is 5.56 Å². The molecular formula is C15H15ClN4O3. The number of nitrogens with zero attached hydrogens (tertiary/aromatic N) is 4. The van der Waals surface area contributed by atoms with E-state index in [1.165, 1.54) is 4.90 Å². The van der Waals surface area contributed by atoms with Gasteiger partial charge in [-0.15, -0.1) is 10.2 Å². The Labute approximate surface area is 137 Å². The lowest BCUT2D eigenvalue weighted by molar-refractivity contribution is -0.143. The zero-order valence-electron chi connectivity index (χ0n) is 12.7. The Morgan fingerprint density at radius 1 is 1.30 bits per heavy atom. The summed E-state index contributed by atoms with van der Waals surface area (Å²) in [4.78, 5) is 25.8. The molecule has 0 spiro atoms. The molecule has 0 radical (unpaired) electrons. The van der Waals surface area contributed by atoms with Crippen molar-refractivity contribution in [3.8, 4) is 0 Å². The number of carboxylic acids is 1. The molecule has 120 valence electrons. The van der Waals surface area contributed by atoms with E-state index in [9.17, 15) is 14.7 Å². The highest BCUT2D eigenvalue weighted by Gasteiger charge is 2.37. The smallest absolute Gasteiger partial charge is 0.328 e. The quantitative estimate of drug-likeness (QED) is 0.902. The second-order valence-electron chi connectivity index (χ2n) is 5.52. The van der Waals surface area contributed by atoms with Gasteiger partial charge in [-0.25, -0.2) is 4.79 Å². The molecule has 1 aromatic heterocycles. The van der Waals surface area contributed by atoms with Gasteiger partial charge in [-0.05, 0) is 31.5 Å². The summed E-state index contributed by atoms with van der Waals surface area (Å²) in [6.45, 7) is 3.78. The van der Waals surface area contributed by atoms with E-state index < -0.39 is 12.0 Å². The number of rotatable bonds is 2. The van der Waals surface area contributed by atoms with Gasteiger partial charge in [-0.3, -0.25) is 4.79 Å². The minimum Gasteiger partial charge on any atom is -0.480 e. The fourth-order valence-corrected chi connectivity index (χ4v) is 2.89. The maximum absolute atomic E-state index is 12.9. The van der Waals surface area contributed by atoms with Gasteiger partial charge in [0.25, 0.3) is 5.91 Å². The predicted octanol–water partition coefficient (Wildman–Crippen LogP) is 1.66. The molecule has 1 amide bonds. The van der Waals surface area contributed by atoms with E-state index in [4.69, 9.17) is 11.6 Å². The van der Waals surface area contributed by atoms with Crippen molar-refractivity contribution in [2.45, 2.75) is 33.0 Å². The maximum Gasteiger partial charge on any atom is 0.328 e. The van der Waals surface area contributed by atoms with Crippen LogP contribution >= 0.6 is 11.6 Å². The molecular weight excluding hydrogens is 320 g/mol. The summed E-state index contributed by atoms with van der Waals surface area (Å²) in [5.74, 6) is -0.216. The van der Waals surface area contributed by atoms with Gasteiger partial charge in [0.2, 0.25) is 0 Å². The van der Waals surface area contributed by atoms with Gasteiger partial charge >= 0.3 is 5.97 Å². The molecule has 8 heteroatoms.